The predicted molar refractivity (Wildman–Crippen MR) is 91.5 cm³/mol. The lowest BCUT2D eigenvalue weighted by molar-refractivity contribution is -0.122. The highest BCUT2D eigenvalue weighted by Gasteiger charge is 2.23. The van der Waals surface area contributed by atoms with Gasteiger partial charge in [-0.1, -0.05) is 6.07 Å². The Morgan fingerprint density at radius 2 is 2.30 bits per heavy atom. The molecule has 0 saturated heterocycles. The van der Waals surface area contributed by atoms with Crippen LogP contribution in [-0.2, 0) is 24.3 Å². The number of rotatable bonds is 5. The summed E-state index contributed by atoms with van der Waals surface area (Å²) in [6, 6.07) is 4.03. The largest absolute Gasteiger partial charge is 0.362 e. The number of amides is 1. The first kappa shape index (κ1) is 15.9. The van der Waals surface area contributed by atoms with E-state index in [2.05, 4.69) is 20.2 Å². The highest BCUT2D eigenvalue weighted by Crippen LogP contribution is 2.24. The van der Waals surface area contributed by atoms with E-state index in [1.807, 2.05) is 36.5 Å². The molecular weight excluding hydrogens is 310 g/mol. The van der Waals surface area contributed by atoms with Crippen molar-refractivity contribution >= 4 is 23.1 Å². The van der Waals surface area contributed by atoms with Gasteiger partial charge in [0.25, 0.3) is 0 Å². The Labute approximate surface area is 140 Å². The fraction of sp³-hybridized carbons (Fsp3) is 0.438. The zero-order chi connectivity index (χ0) is 16.2. The minimum Gasteiger partial charge on any atom is -0.362 e. The molecule has 6 nitrogen and oxygen atoms in total. The molecular formula is C16H21N5OS. The van der Waals surface area contributed by atoms with Gasteiger partial charge in [-0.2, -0.15) is 0 Å². The maximum atomic E-state index is 12.1. The fourth-order valence-corrected chi connectivity index (χ4v) is 3.40. The maximum Gasteiger partial charge on any atom is 0.234 e. The molecule has 23 heavy (non-hydrogen) atoms. The Balaban J connectivity index is 1.59. The number of hydrogen-bond acceptors (Lipinski definition) is 6. The van der Waals surface area contributed by atoms with Crippen molar-refractivity contribution in [1.82, 2.24) is 20.2 Å². The van der Waals surface area contributed by atoms with Crippen LogP contribution in [0.1, 0.15) is 16.1 Å². The van der Waals surface area contributed by atoms with Crippen LogP contribution in [-0.4, -0.2) is 48.0 Å². The van der Waals surface area contributed by atoms with Crippen molar-refractivity contribution in [2.75, 3.05) is 32.1 Å². The van der Waals surface area contributed by atoms with Crippen LogP contribution >= 0.6 is 11.3 Å². The van der Waals surface area contributed by atoms with Gasteiger partial charge in [-0.15, -0.1) is 11.3 Å². The lowest BCUT2D eigenvalue weighted by Gasteiger charge is -2.29. The summed E-state index contributed by atoms with van der Waals surface area (Å²) in [5.74, 6) is 1.00. The second-order valence-corrected chi connectivity index (χ2v) is 6.87. The van der Waals surface area contributed by atoms with Crippen LogP contribution in [0.2, 0.25) is 0 Å². The fourth-order valence-electron chi connectivity index (χ4n) is 2.76. The van der Waals surface area contributed by atoms with Gasteiger partial charge in [0.2, 0.25) is 5.91 Å². The van der Waals surface area contributed by atoms with Gasteiger partial charge in [-0.25, -0.2) is 9.97 Å². The second-order valence-electron chi connectivity index (χ2n) is 5.83. The van der Waals surface area contributed by atoms with E-state index in [1.54, 1.807) is 17.7 Å². The first-order chi connectivity index (χ1) is 11.1. The molecule has 0 bridgehead atoms. The quantitative estimate of drug-likeness (QED) is 0.894. The number of fused-ring (bicyclic) bond motifs is 1. The van der Waals surface area contributed by atoms with Gasteiger partial charge in [-0.05, 0) is 11.4 Å². The number of nitrogens with one attached hydrogen (secondary N) is 1. The van der Waals surface area contributed by atoms with E-state index in [-0.39, 0.29) is 5.91 Å². The number of nitrogens with zero attached hydrogens (tertiary/aromatic N) is 4. The lowest BCUT2D eigenvalue weighted by Crippen LogP contribution is -2.40. The van der Waals surface area contributed by atoms with Crippen molar-refractivity contribution in [3.8, 4) is 0 Å². The highest BCUT2D eigenvalue weighted by atomic mass is 32.1. The Hall–Kier alpha value is -1.99. The molecule has 2 aromatic rings. The van der Waals surface area contributed by atoms with Gasteiger partial charge >= 0.3 is 0 Å². The number of thiophene rings is 1. The van der Waals surface area contributed by atoms with E-state index >= 15 is 0 Å². The molecule has 0 aromatic carbocycles. The van der Waals surface area contributed by atoms with E-state index < -0.39 is 0 Å². The third-order valence-corrected chi connectivity index (χ3v) is 4.77. The number of aromatic nitrogens is 2. The minimum atomic E-state index is 0.0603. The summed E-state index contributed by atoms with van der Waals surface area (Å²) in [7, 11) is 3.96. The van der Waals surface area contributed by atoms with Crippen LogP contribution in [0.3, 0.4) is 0 Å². The van der Waals surface area contributed by atoms with Crippen molar-refractivity contribution in [1.29, 1.82) is 0 Å². The van der Waals surface area contributed by atoms with Crippen LogP contribution in [0.15, 0.2) is 23.8 Å². The Bertz CT molecular complexity index is 671. The summed E-state index contributed by atoms with van der Waals surface area (Å²) in [6.07, 6.45) is 2.48. The van der Waals surface area contributed by atoms with E-state index in [4.69, 9.17) is 0 Å². The molecule has 122 valence electrons. The maximum absolute atomic E-state index is 12.1. The minimum absolute atomic E-state index is 0.0603. The summed E-state index contributed by atoms with van der Waals surface area (Å²) in [4.78, 5) is 26.2. The normalized spacial score (nSPS) is 14.3. The Kier molecular flexibility index (Phi) is 4.88. The summed E-state index contributed by atoms with van der Waals surface area (Å²) >= 11 is 1.66. The zero-order valence-corrected chi connectivity index (χ0v) is 14.3. The monoisotopic (exact) mass is 331 g/mol. The van der Waals surface area contributed by atoms with E-state index in [1.165, 1.54) is 4.88 Å². The first-order valence-corrected chi connectivity index (χ1v) is 8.53. The number of carbonyl (C=O) groups is 1. The van der Waals surface area contributed by atoms with Gasteiger partial charge < -0.3 is 10.2 Å². The molecule has 1 N–H and O–H groups in total. The Morgan fingerprint density at radius 1 is 1.43 bits per heavy atom. The van der Waals surface area contributed by atoms with Gasteiger partial charge in [0, 0.05) is 44.0 Å². The van der Waals surface area contributed by atoms with E-state index in [0.717, 1.165) is 36.6 Å². The highest BCUT2D eigenvalue weighted by molar-refractivity contribution is 7.09. The topological polar surface area (TPSA) is 61.4 Å². The van der Waals surface area contributed by atoms with Crippen LogP contribution in [0.25, 0.3) is 0 Å². The molecule has 0 unspecified atom stereocenters. The lowest BCUT2D eigenvalue weighted by atomic mass is 10.1. The molecule has 0 atom stereocenters. The van der Waals surface area contributed by atoms with Crippen LogP contribution < -0.4 is 10.2 Å². The van der Waals surface area contributed by atoms with Gasteiger partial charge in [0.15, 0.2) is 0 Å². The molecule has 2 aromatic heterocycles. The Morgan fingerprint density at radius 3 is 3.04 bits per heavy atom. The molecule has 1 aliphatic heterocycles. The molecule has 0 spiro atoms. The zero-order valence-electron chi connectivity index (χ0n) is 13.5. The number of hydrogen-bond donors (Lipinski definition) is 1. The summed E-state index contributed by atoms with van der Waals surface area (Å²) in [5, 5.41) is 5.00. The average Bonchev–Trinajstić information content (AvgIpc) is 3.05. The molecule has 3 heterocycles. The third kappa shape index (κ3) is 3.86. The van der Waals surface area contributed by atoms with E-state index in [9.17, 15) is 4.79 Å². The standard InChI is InChI=1S/C16H21N5OS/c1-20(2)16-13-9-21(6-5-14(13)18-11-19-16)10-15(22)17-8-12-4-3-7-23-12/h3-4,7,11H,5-6,8-10H2,1-2H3,(H,17,22). The predicted octanol–water partition coefficient (Wildman–Crippen LogP) is 1.28. The second kappa shape index (κ2) is 7.06. The smallest absolute Gasteiger partial charge is 0.234 e. The molecule has 3 rings (SSSR count). The van der Waals surface area contributed by atoms with Crippen LogP contribution in [0, 0.1) is 0 Å². The summed E-state index contributed by atoms with van der Waals surface area (Å²) < 4.78 is 0. The van der Waals surface area contributed by atoms with Crippen molar-refractivity contribution < 1.29 is 4.79 Å². The molecule has 7 heteroatoms. The third-order valence-electron chi connectivity index (χ3n) is 3.89. The van der Waals surface area contributed by atoms with Crippen molar-refractivity contribution in [2.45, 2.75) is 19.5 Å². The van der Waals surface area contributed by atoms with Crippen LogP contribution in [0.4, 0.5) is 5.82 Å². The first-order valence-electron chi connectivity index (χ1n) is 7.65. The van der Waals surface area contributed by atoms with E-state index in [0.29, 0.717) is 13.1 Å². The molecule has 1 aliphatic rings. The number of carbonyl (C=O) groups excluding carboxylic acids is 1. The van der Waals surface area contributed by atoms with Crippen molar-refractivity contribution in [2.24, 2.45) is 0 Å². The summed E-state index contributed by atoms with van der Waals surface area (Å²) in [5.41, 5.74) is 2.23. The van der Waals surface area contributed by atoms with Gasteiger partial charge in [-0.3, -0.25) is 9.69 Å². The van der Waals surface area contributed by atoms with Gasteiger partial charge in [0.05, 0.1) is 18.8 Å². The molecule has 0 radical (unpaired) electrons. The number of anilines is 1. The SMILES string of the molecule is CN(C)c1ncnc2c1CN(CC(=O)NCc1cccs1)CC2. The molecule has 1 amide bonds. The van der Waals surface area contributed by atoms with Crippen molar-refractivity contribution in [3.05, 3.63) is 40.0 Å². The van der Waals surface area contributed by atoms with Gasteiger partial charge in [0.1, 0.15) is 12.1 Å². The molecule has 0 aliphatic carbocycles. The molecule has 0 fully saturated rings. The van der Waals surface area contributed by atoms with Crippen molar-refractivity contribution in [3.63, 3.8) is 0 Å². The van der Waals surface area contributed by atoms with Crippen LogP contribution in [0.5, 0.6) is 0 Å². The summed E-state index contributed by atoms with van der Waals surface area (Å²) in [6.45, 7) is 2.58. The molecule has 0 saturated carbocycles. The average molecular weight is 331 g/mol.